The highest BCUT2D eigenvalue weighted by atomic mass is 16.3. The van der Waals surface area contributed by atoms with Crippen LogP contribution >= 0.6 is 0 Å². The van der Waals surface area contributed by atoms with Crippen molar-refractivity contribution in [2.45, 2.75) is 0 Å². The van der Waals surface area contributed by atoms with Crippen molar-refractivity contribution in [2.75, 3.05) is 0 Å². The summed E-state index contributed by atoms with van der Waals surface area (Å²) in [5.41, 5.74) is 15.8. The molecule has 0 radical (unpaired) electrons. The average molecular weight is 805 g/mol. The van der Waals surface area contributed by atoms with Crippen molar-refractivity contribution in [1.29, 1.82) is 0 Å². The Kier molecular flexibility index (Phi) is 7.84. The van der Waals surface area contributed by atoms with Gasteiger partial charge in [-0.25, -0.2) is 9.97 Å². The molecular weight excluding hydrogens is 769 g/mol. The largest absolute Gasteiger partial charge is 0.456 e. The number of hydrogen-bond acceptors (Lipinski definition) is 3. The fourth-order valence-electron chi connectivity index (χ4n) is 9.56. The summed E-state index contributed by atoms with van der Waals surface area (Å²) in [7, 11) is 0. The van der Waals surface area contributed by atoms with Crippen LogP contribution in [0.15, 0.2) is 223 Å². The monoisotopic (exact) mass is 804 g/mol. The van der Waals surface area contributed by atoms with Crippen molar-refractivity contribution >= 4 is 65.6 Å². The van der Waals surface area contributed by atoms with Gasteiger partial charge in [-0.15, -0.1) is 0 Å². The zero-order valence-electron chi connectivity index (χ0n) is 34.0. The molecule has 0 amide bonds. The lowest BCUT2D eigenvalue weighted by atomic mass is 9.98. The van der Waals surface area contributed by atoms with Crippen LogP contribution in [-0.2, 0) is 0 Å². The fraction of sp³-hybridized carbons (Fsp3) is 0. The van der Waals surface area contributed by atoms with E-state index < -0.39 is 0 Å². The molecule has 4 heterocycles. The van der Waals surface area contributed by atoms with Gasteiger partial charge in [0.05, 0.1) is 33.5 Å². The summed E-state index contributed by atoms with van der Waals surface area (Å²) in [4.78, 5) is 10.4. The molecule has 0 saturated carbocycles. The highest BCUT2D eigenvalue weighted by Crippen LogP contribution is 2.40. The maximum absolute atomic E-state index is 6.46. The summed E-state index contributed by atoms with van der Waals surface area (Å²) in [6, 6.07) is 77.3. The summed E-state index contributed by atoms with van der Waals surface area (Å²) in [6.07, 6.45) is 0. The van der Waals surface area contributed by atoms with Gasteiger partial charge in [-0.1, -0.05) is 140 Å². The minimum atomic E-state index is 0.636. The van der Waals surface area contributed by atoms with Crippen molar-refractivity contribution in [1.82, 2.24) is 19.1 Å². The second-order valence-corrected chi connectivity index (χ2v) is 16.2. The van der Waals surface area contributed by atoms with Gasteiger partial charge in [0, 0.05) is 49.1 Å². The molecule has 0 aliphatic carbocycles. The SMILES string of the molecule is c1ccc(-c2cc(-c3ccccc3)nc(-n3c4ccccc4c4cc(-c5ccc6oc7ccc(-c8ccc9c(c8)c8ccccc8n9-c8ccccc8)cc7c6c5)ccc43)n2)cc1. The molecule has 0 aliphatic heterocycles. The van der Waals surface area contributed by atoms with Gasteiger partial charge in [-0.05, 0) is 101 Å². The van der Waals surface area contributed by atoms with E-state index in [0.717, 1.165) is 88.6 Å². The van der Waals surface area contributed by atoms with Gasteiger partial charge in [0.1, 0.15) is 11.2 Å². The lowest BCUT2D eigenvalue weighted by Crippen LogP contribution is -2.03. The van der Waals surface area contributed by atoms with Gasteiger partial charge < -0.3 is 8.98 Å². The second kappa shape index (κ2) is 14.0. The van der Waals surface area contributed by atoms with Crippen LogP contribution in [0, 0.1) is 0 Å². The van der Waals surface area contributed by atoms with Crippen molar-refractivity contribution < 1.29 is 4.42 Å². The van der Waals surface area contributed by atoms with E-state index in [4.69, 9.17) is 14.4 Å². The Morgan fingerprint density at radius 3 is 1.21 bits per heavy atom. The Hall–Kier alpha value is -8.54. The van der Waals surface area contributed by atoms with Crippen molar-refractivity contribution in [3.8, 4) is 56.4 Å². The number of furan rings is 1. The van der Waals surface area contributed by atoms with Crippen LogP contribution < -0.4 is 0 Å². The first-order chi connectivity index (χ1) is 31.2. The quantitative estimate of drug-likeness (QED) is 0.168. The summed E-state index contributed by atoms with van der Waals surface area (Å²) in [6.45, 7) is 0. The van der Waals surface area contributed by atoms with E-state index in [1.807, 2.05) is 12.1 Å². The van der Waals surface area contributed by atoms with Crippen LogP contribution in [-0.4, -0.2) is 19.1 Å². The predicted molar refractivity (Wildman–Crippen MR) is 260 cm³/mol. The molecule has 0 bridgehead atoms. The summed E-state index contributed by atoms with van der Waals surface area (Å²) in [5, 5.41) is 6.94. The van der Waals surface area contributed by atoms with E-state index in [1.54, 1.807) is 0 Å². The molecule has 13 rings (SSSR count). The minimum absolute atomic E-state index is 0.636. The maximum Gasteiger partial charge on any atom is 0.235 e. The lowest BCUT2D eigenvalue weighted by molar-refractivity contribution is 0.669. The van der Waals surface area contributed by atoms with Crippen LogP contribution in [0.25, 0.3) is 122 Å². The molecule has 5 heteroatoms. The minimum Gasteiger partial charge on any atom is -0.456 e. The molecule has 294 valence electrons. The number of aromatic nitrogens is 4. The fourth-order valence-corrected chi connectivity index (χ4v) is 9.56. The molecule has 4 aromatic heterocycles. The average Bonchev–Trinajstić information content (AvgIpc) is 4.01. The molecule has 0 unspecified atom stereocenters. The molecule has 5 nitrogen and oxygen atoms in total. The molecule has 0 spiro atoms. The Morgan fingerprint density at radius 1 is 0.286 bits per heavy atom. The Bertz CT molecular complexity index is 3840. The molecule has 9 aromatic carbocycles. The standard InChI is InChI=1S/C58H36N4O/c1-4-14-37(15-5-1)50-36-51(38-16-6-2-7-17-38)60-58(59-50)62-53-23-13-11-21-45(53)47-33-40(25-29-55(47)62)42-27-31-57-49(35-42)48-34-41(26-30-56(48)63-57)39-24-28-54-46(32-39)44-20-10-12-22-52(44)61(54)43-18-8-3-9-19-43/h1-36H. The van der Waals surface area contributed by atoms with Crippen LogP contribution in [0.4, 0.5) is 0 Å². The third-order valence-electron chi connectivity index (χ3n) is 12.5. The van der Waals surface area contributed by atoms with Crippen molar-refractivity contribution in [2.24, 2.45) is 0 Å². The number of fused-ring (bicyclic) bond motifs is 9. The van der Waals surface area contributed by atoms with Gasteiger partial charge in [-0.3, -0.25) is 4.57 Å². The number of benzene rings is 9. The first-order valence-corrected chi connectivity index (χ1v) is 21.3. The van der Waals surface area contributed by atoms with Crippen LogP contribution in [0.5, 0.6) is 0 Å². The highest BCUT2D eigenvalue weighted by Gasteiger charge is 2.19. The van der Waals surface area contributed by atoms with Gasteiger partial charge in [-0.2, -0.15) is 0 Å². The summed E-state index contributed by atoms with van der Waals surface area (Å²) < 4.78 is 11.0. The predicted octanol–water partition coefficient (Wildman–Crippen LogP) is 15.2. The van der Waals surface area contributed by atoms with E-state index in [2.05, 4.69) is 215 Å². The molecular formula is C58H36N4O. The molecule has 0 N–H and O–H groups in total. The third-order valence-corrected chi connectivity index (χ3v) is 12.5. The van der Waals surface area contributed by atoms with Crippen LogP contribution in [0.2, 0.25) is 0 Å². The molecule has 13 aromatic rings. The van der Waals surface area contributed by atoms with E-state index in [1.165, 1.54) is 27.4 Å². The molecule has 0 atom stereocenters. The van der Waals surface area contributed by atoms with Crippen molar-refractivity contribution in [3.05, 3.63) is 218 Å². The third kappa shape index (κ3) is 5.71. The first kappa shape index (κ1) is 35.2. The summed E-state index contributed by atoms with van der Waals surface area (Å²) in [5.74, 6) is 0.636. The first-order valence-electron chi connectivity index (χ1n) is 21.3. The van der Waals surface area contributed by atoms with Gasteiger partial charge in [0.15, 0.2) is 0 Å². The van der Waals surface area contributed by atoms with E-state index in [-0.39, 0.29) is 0 Å². The second-order valence-electron chi connectivity index (χ2n) is 16.2. The Balaban J connectivity index is 0.929. The Labute approximate surface area is 362 Å². The number of para-hydroxylation sites is 3. The zero-order chi connectivity index (χ0) is 41.4. The number of nitrogens with zero attached hydrogens (tertiary/aromatic N) is 4. The van der Waals surface area contributed by atoms with Gasteiger partial charge in [0.2, 0.25) is 5.95 Å². The summed E-state index contributed by atoms with van der Waals surface area (Å²) >= 11 is 0. The van der Waals surface area contributed by atoms with E-state index >= 15 is 0 Å². The van der Waals surface area contributed by atoms with E-state index in [9.17, 15) is 0 Å². The molecule has 0 aliphatic rings. The van der Waals surface area contributed by atoms with Gasteiger partial charge >= 0.3 is 0 Å². The molecule has 63 heavy (non-hydrogen) atoms. The van der Waals surface area contributed by atoms with Gasteiger partial charge in [0.25, 0.3) is 0 Å². The zero-order valence-corrected chi connectivity index (χ0v) is 34.0. The smallest absolute Gasteiger partial charge is 0.235 e. The Morgan fingerprint density at radius 2 is 0.683 bits per heavy atom. The van der Waals surface area contributed by atoms with Crippen LogP contribution in [0.1, 0.15) is 0 Å². The van der Waals surface area contributed by atoms with Crippen LogP contribution in [0.3, 0.4) is 0 Å². The maximum atomic E-state index is 6.46. The normalized spacial score (nSPS) is 11.8. The lowest BCUT2D eigenvalue weighted by Gasteiger charge is -2.12. The molecule has 0 saturated heterocycles. The number of hydrogen-bond donors (Lipinski definition) is 0. The molecule has 0 fully saturated rings. The topological polar surface area (TPSA) is 48.8 Å². The highest BCUT2D eigenvalue weighted by molar-refractivity contribution is 6.13. The van der Waals surface area contributed by atoms with E-state index in [0.29, 0.717) is 5.95 Å². The number of rotatable bonds is 6. The van der Waals surface area contributed by atoms with Crippen molar-refractivity contribution in [3.63, 3.8) is 0 Å².